The van der Waals surface area contributed by atoms with Gasteiger partial charge in [0.1, 0.15) is 12.4 Å². The third-order valence-corrected chi connectivity index (χ3v) is 11.6. The lowest BCUT2D eigenvalue weighted by Crippen LogP contribution is -2.34. The molecule has 0 saturated carbocycles. The predicted molar refractivity (Wildman–Crippen MR) is 219 cm³/mol. The van der Waals surface area contributed by atoms with E-state index in [0.717, 1.165) is 122 Å². The highest BCUT2D eigenvalue weighted by molar-refractivity contribution is 7.90. The fourth-order valence-corrected chi connectivity index (χ4v) is 8.38. The van der Waals surface area contributed by atoms with Crippen LogP contribution in [0, 0.1) is 12.8 Å². The van der Waals surface area contributed by atoms with Gasteiger partial charge in [-0.1, -0.05) is 31.5 Å². The summed E-state index contributed by atoms with van der Waals surface area (Å²) in [5, 5.41) is 3.14. The Kier molecular flexibility index (Phi) is 14.7. The number of amides is 1. The van der Waals surface area contributed by atoms with Crippen molar-refractivity contribution < 1.29 is 23.6 Å². The minimum atomic E-state index is -1.23. The van der Waals surface area contributed by atoms with Crippen molar-refractivity contribution in [2.24, 2.45) is 5.92 Å². The molecular weight excluding hydrogens is 697 g/mol. The van der Waals surface area contributed by atoms with E-state index in [-0.39, 0.29) is 5.91 Å². The van der Waals surface area contributed by atoms with Gasteiger partial charge in [-0.15, -0.1) is 0 Å². The van der Waals surface area contributed by atoms with Crippen molar-refractivity contribution in [3.8, 4) is 16.9 Å². The van der Waals surface area contributed by atoms with Gasteiger partial charge in [-0.05, 0) is 141 Å². The van der Waals surface area contributed by atoms with Crippen LogP contribution in [0.25, 0.3) is 17.2 Å². The Labute approximate surface area is 324 Å². The Morgan fingerprint density at radius 2 is 1.81 bits per heavy atom. The summed E-state index contributed by atoms with van der Waals surface area (Å²) in [7, 11) is 0. The van der Waals surface area contributed by atoms with Gasteiger partial charge in [0.2, 0.25) is 0 Å². The number of fused-ring (bicyclic) bond motifs is 1. The van der Waals surface area contributed by atoms with Crippen LogP contribution in [0.15, 0.2) is 83.5 Å². The van der Waals surface area contributed by atoms with Crippen LogP contribution in [0.3, 0.4) is 0 Å². The summed E-state index contributed by atoms with van der Waals surface area (Å²) in [5.41, 5.74) is 7.66. The van der Waals surface area contributed by atoms with Crippen LogP contribution < -0.4 is 15.0 Å². The summed E-state index contributed by atoms with van der Waals surface area (Å²) in [6.07, 6.45) is 10.9. The molecule has 2 aliphatic rings. The second kappa shape index (κ2) is 20.0. The first-order chi connectivity index (χ1) is 26.4. The largest absolute Gasteiger partial charge is 0.611 e. The van der Waals surface area contributed by atoms with Crippen molar-refractivity contribution in [1.29, 1.82) is 0 Å². The van der Waals surface area contributed by atoms with Crippen molar-refractivity contribution in [2.45, 2.75) is 82.9 Å². The zero-order valence-corrected chi connectivity index (χ0v) is 33.0. The number of ether oxygens (including phenoxy) is 3. The molecule has 0 spiro atoms. The summed E-state index contributed by atoms with van der Waals surface area (Å²) in [5.74, 6) is 1.59. The van der Waals surface area contributed by atoms with E-state index in [2.05, 4.69) is 65.5 Å². The lowest BCUT2D eigenvalue weighted by Gasteiger charge is -2.32. The van der Waals surface area contributed by atoms with E-state index in [9.17, 15) is 9.35 Å². The number of imidazole rings is 1. The summed E-state index contributed by atoms with van der Waals surface area (Å²) < 4.78 is 32.7. The van der Waals surface area contributed by atoms with Crippen LogP contribution in [0.4, 0.5) is 11.4 Å². The van der Waals surface area contributed by atoms with Gasteiger partial charge in [0.15, 0.2) is 10.6 Å². The third kappa shape index (κ3) is 10.8. The Morgan fingerprint density at radius 3 is 2.57 bits per heavy atom. The second-order valence-corrected chi connectivity index (χ2v) is 15.8. The van der Waals surface area contributed by atoms with Crippen LogP contribution in [0.5, 0.6) is 5.75 Å². The highest BCUT2D eigenvalue weighted by Gasteiger charge is 2.23. The zero-order valence-electron chi connectivity index (χ0n) is 32.2. The fourth-order valence-electron chi connectivity index (χ4n) is 7.16. The molecule has 3 aromatic carbocycles. The third-order valence-electron chi connectivity index (χ3n) is 10.3. The number of aromatic nitrogens is 2. The van der Waals surface area contributed by atoms with Crippen LogP contribution in [0.1, 0.15) is 75.7 Å². The van der Waals surface area contributed by atoms with Crippen LogP contribution in [-0.2, 0) is 37.7 Å². The number of carbonyl (C=O) groups excluding carboxylic acids is 1. The Bertz CT molecular complexity index is 1820. The van der Waals surface area contributed by atoms with Gasteiger partial charge in [0.05, 0.1) is 30.9 Å². The lowest BCUT2D eigenvalue weighted by atomic mass is 9.97. The molecule has 288 valence electrons. The summed E-state index contributed by atoms with van der Waals surface area (Å²) in [6, 6.07) is 22.2. The highest BCUT2D eigenvalue weighted by atomic mass is 32.2. The average molecular weight is 753 g/mol. The first-order valence-corrected chi connectivity index (χ1v) is 21.0. The van der Waals surface area contributed by atoms with Crippen molar-refractivity contribution in [1.82, 2.24) is 9.55 Å². The first-order valence-electron chi connectivity index (χ1n) is 19.7. The van der Waals surface area contributed by atoms with Gasteiger partial charge >= 0.3 is 0 Å². The molecule has 2 unspecified atom stereocenters. The summed E-state index contributed by atoms with van der Waals surface area (Å²) in [4.78, 5) is 21.6. The molecule has 6 rings (SSSR count). The van der Waals surface area contributed by atoms with Gasteiger partial charge in [-0.2, -0.15) is 0 Å². The number of nitrogens with zero attached hydrogens (tertiary/aromatic N) is 3. The number of carbonyl (C=O) groups is 1. The number of aryl methyl sites for hydroxylation is 2. The number of nitrogens with one attached hydrogen (secondary N) is 1. The predicted octanol–water partition coefficient (Wildman–Crippen LogP) is 8.82. The van der Waals surface area contributed by atoms with Gasteiger partial charge < -0.3 is 33.5 Å². The van der Waals surface area contributed by atoms with Crippen LogP contribution in [-0.4, -0.2) is 66.1 Å². The quantitative estimate of drug-likeness (QED) is 0.0902. The number of anilines is 2. The monoisotopic (exact) mass is 752 g/mol. The maximum absolute atomic E-state index is 13.9. The highest BCUT2D eigenvalue weighted by Crippen LogP contribution is 2.34. The molecule has 3 heterocycles. The molecule has 1 aromatic heterocycles. The van der Waals surface area contributed by atoms with E-state index in [0.29, 0.717) is 37.0 Å². The Balaban J connectivity index is 1.20. The number of hydrogen-bond acceptors (Lipinski definition) is 7. The first kappa shape index (κ1) is 39.6. The van der Waals surface area contributed by atoms with E-state index in [1.165, 1.54) is 6.42 Å². The Morgan fingerprint density at radius 1 is 1.00 bits per heavy atom. The number of benzene rings is 3. The maximum Gasteiger partial charge on any atom is 0.251 e. The molecule has 0 aliphatic carbocycles. The maximum atomic E-state index is 13.9. The minimum absolute atomic E-state index is 0.114. The van der Waals surface area contributed by atoms with Crippen molar-refractivity contribution in [3.63, 3.8) is 0 Å². The lowest BCUT2D eigenvalue weighted by molar-refractivity contribution is -0.112. The van der Waals surface area contributed by atoms with Gasteiger partial charge in [0.25, 0.3) is 5.91 Å². The molecular formula is C44H56N4O5S. The molecule has 4 aromatic rings. The van der Waals surface area contributed by atoms with Crippen molar-refractivity contribution >= 4 is 34.5 Å². The van der Waals surface area contributed by atoms with Crippen LogP contribution in [0.2, 0.25) is 0 Å². The molecule has 1 N–H and O–H groups in total. The van der Waals surface area contributed by atoms with Gasteiger partial charge in [-0.3, -0.25) is 4.79 Å². The zero-order chi connectivity index (χ0) is 37.7. The van der Waals surface area contributed by atoms with E-state index in [1.807, 2.05) is 47.9 Å². The molecule has 0 radical (unpaired) electrons. The molecule has 0 bridgehead atoms. The van der Waals surface area contributed by atoms with E-state index < -0.39 is 11.2 Å². The SMILES string of the molecule is CCCCOCCOc1ccc(-c2ccc3c(c2)/C=C(/C(=O)Nc2ccc([S+]([O-])Cc4c(C)ncn4CC)cc2)CCCCN3CC2CCCOC2)cc1. The molecule has 1 amide bonds. The van der Waals surface area contributed by atoms with Crippen LogP contribution >= 0.6 is 0 Å². The van der Waals surface area contributed by atoms with Crippen molar-refractivity contribution in [3.05, 3.63) is 95.6 Å². The normalized spacial score (nSPS) is 17.7. The average Bonchev–Trinajstić information content (AvgIpc) is 3.59. The molecule has 10 heteroatoms. The molecule has 1 fully saturated rings. The number of unbranched alkanes of at least 4 members (excludes halogenated alkanes) is 1. The molecule has 1 saturated heterocycles. The van der Waals surface area contributed by atoms with E-state index in [4.69, 9.17) is 14.2 Å². The number of hydrogen-bond donors (Lipinski definition) is 1. The second-order valence-electron chi connectivity index (χ2n) is 14.3. The fraction of sp³-hybridized carbons (Fsp3) is 0.455. The summed E-state index contributed by atoms with van der Waals surface area (Å²) in [6.45, 7) is 12.3. The smallest absolute Gasteiger partial charge is 0.251 e. The molecule has 9 nitrogen and oxygen atoms in total. The standard InChI is InChI=1S/C44H56N4O5S/c1-4-6-23-51-25-26-53-40-17-12-35(13-18-40)36-14-21-42-38(27-36)28-37(11-7-8-22-48(42)29-34-10-9-24-52-30-34)44(49)46-39-15-19-41(20-16-39)54(50)31-43-33(3)45-32-47(43)5-2/h12-21,27-28,32,34H,4-11,22-26,29-31H2,1-3H3,(H,46,49)/b37-28+. The van der Waals surface area contributed by atoms with Gasteiger partial charge in [0, 0.05) is 49.8 Å². The molecule has 2 aliphatic heterocycles. The van der Waals surface area contributed by atoms with E-state index >= 15 is 0 Å². The molecule has 54 heavy (non-hydrogen) atoms. The summed E-state index contributed by atoms with van der Waals surface area (Å²) >= 11 is -1.23. The minimum Gasteiger partial charge on any atom is -0.611 e. The van der Waals surface area contributed by atoms with E-state index in [1.54, 1.807) is 6.33 Å². The topological polar surface area (TPSA) is 101 Å². The Hall–Kier alpha value is -4.09. The number of rotatable bonds is 16. The molecule has 2 atom stereocenters. The van der Waals surface area contributed by atoms with Crippen molar-refractivity contribution in [2.75, 3.05) is 56.3 Å². The van der Waals surface area contributed by atoms with Gasteiger partial charge in [-0.25, -0.2) is 4.98 Å².